The van der Waals surface area contributed by atoms with E-state index >= 15 is 0 Å². The zero-order chi connectivity index (χ0) is 29.8. The number of aromatic nitrogens is 1. The zero-order valence-corrected chi connectivity index (χ0v) is 23.7. The number of aryl methyl sites for hydroxylation is 1. The number of benzene rings is 3. The maximum atomic E-state index is 13.1. The molecule has 0 saturated carbocycles. The van der Waals surface area contributed by atoms with Crippen molar-refractivity contribution in [1.29, 1.82) is 0 Å². The number of piperidine rings is 1. The van der Waals surface area contributed by atoms with Crippen molar-refractivity contribution in [3.8, 4) is 17.2 Å². The van der Waals surface area contributed by atoms with Crippen molar-refractivity contribution in [2.24, 2.45) is 5.92 Å². The number of para-hydroxylation sites is 1. The molecular weight excluding hydrogens is 546 g/mol. The summed E-state index contributed by atoms with van der Waals surface area (Å²) in [5.41, 5.74) is 2.14. The summed E-state index contributed by atoms with van der Waals surface area (Å²) in [6.07, 6.45) is 3.52. The third-order valence-electron chi connectivity index (χ3n) is 7.60. The smallest absolute Gasteiger partial charge is 0.335 e. The number of carboxylic acids is 1. The first kappa shape index (κ1) is 27.8. The van der Waals surface area contributed by atoms with Crippen LogP contribution in [0.1, 0.15) is 39.3 Å². The van der Waals surface area contributed by atoms with E-state index in [1.54, 1.807) is 36.5 Å². The Labute approximate surface area is 248 Å². The highest BCUT2D eigenvalue weighted by Gasteiger charge is 2.22. The highest BCUT2D eigenvalue weighted by atomic mass is 16.5. The number of aromatic carboxylic acids is 1. The molecule has 6 rings (SSSR count). The maximum Gasteiger partial charge on any atom is 0.335 e. The van der Waals surface area contributed by atoms with Gasteiger partial charge in [0.25, 0.3) is 5.91 Å². The fourth-order valence-electron chi connectivity index (χ4n) is 5.20. The first-order valence-electron chi connectivity index (χ1n) is 14.2. The van der Waals surface area contributed by atoms with Crippen LogP contribution in [-0.4, -0.2) is 41.7 Å². The normalized spacial score (nSPS) is 13.6. The van der Waals surface area contributed by atoms with Gasteiger partial charge in [-0.2, -0.15) is 0 Å². The first-order chi connectivity index (χ1) is 20.9. The van der Waals surface area contributed by atoms with E-state index in [1.807, 2.05) is 61.5 Å². The van der Waals surface area contributed by atoms with E-state index in [2.05, 4.69) is 15.2 Å². The number of anilines is 2. The number of carbonyl (C=O) groups is 2. The second-order valence-electron chi connectivity index (χ2n) is 10.6. The van der Waals surface area contributed by atoms with E-state index in [-0.39, 0.29) is 17.2 Å². The molecule has 3 aromatic carbocycles. The number of rotatable bonds is 9. The third kappa shape index (κ3) is 6.46. The lowest BCUT2D eigenvalue weighted by Gasteiger charge is -2.32. The minimum Gasteiger partial charge on any atom is -0.493 e. The molecule has 0 aliphatic carbocycles. The molecule has 2 N–H and O–H groups in total. The topological polar surface area (TPSA) is 114 Å². The molecule has 9 nitrogen and oxygen atoms in total. The second kappa shape index (κ2) is 12.3. The van der Waals surface area contributed by atoms with Crippen molar-refractivity contribution in [3.63, 3.8) is 0 Å². The molecule has 1 aliphatic rings. The van der Waals surface area contributed by atoms with Gasteiger partial charge in [0.1, 0.15) is 28.6 Å². The molecule has 0 radical (unpaired) electrons. The van der Waals surface area contributed by atoms with Crippen LogP contribution in [-0.2, 0) is 0 Å². The van der Waals surface area contributed by atoms with Crippen molar-refractivity contribution in [1.82, 2.24) is 4.98 Å². The molecule has 0 bridgehead atoms. The van der Waals surface area contributed by atoms with Crippen LogP contribution in [0.4, 0.5) is 11.5 Å². The van der Waals surface area contributed by atoms with Crippen molar-refractivity contribution in [3.05, 3.63) is 108 Å². The summed E-state index contributed by atoms with van der Waals surface area (Å²) in [6.45, 7) is 4.06. The Morgan fingerprint density at radius 1 is 0.953 bits per heavy atom. The summed E-state index contributed by atoms with van der Waals surface area (Å²) in [6, 6.07) is 25.3. The molecule has 0 atom stereocenters. The molecule has 5 aromatic rings. The van der Waals surface area contributed by atoms with Gasteiger partial charge in [-0.15, -0.1) is 0 Å². The predicted molar refractivity (Wildman–Crippen MR) is 163 cm³/mol. The summed E-state index contributed by atoms with van der Waals surface area (Å²) < 4.78 is 17.7. The van der Waals surface area contributed by atoms with Gasteiger partial charge in [-0.3, -0.25) is 4.79 Å². The molecule has 43 heavy (non-hydrogen) atoms. The SMILES string of the molecule is Cc1c(C(=O)Nc2ccc(N3CCC(COc4cccc(C(=O)O)c4)CC3)nc2)oc2ccc(Oc3ccccc3)cc12. The predicted octanol–water partition coefficient (Wildman–Crippen LogP) is 7.17. The number of nitrogens with one attached hydrogen (secondary N) is 1. The number of hydrogen-bond acceptors (Lipinski definition) is 7. The molecule has 1 fully saturated rings. The Kier molecular flexibility index (Phi) is 7.95. The fourth-order valence-corrected chi connectivity index (χ4v) is 5.20. The highest BCUT2D eigenvalue weighted by molar-refractivity contribution is 6.06. The van der Waals surface area contributed by atoms with Crippen LogP contribution < -0.4 is 19.7 Å². The lowest BCUT2D eigenvalue weighted by Crippen LogP contribution is -2.36. The Hall–Kier alpha value is -5.31. The van der Waals surface area contributed by atoms with Crippen molar-refractivity contribution in [2.45, 2.75) is 19.8 Å². The monoisotopic (exact) mass is 577 g/mol. The van der Waals surface area contributed by atoms with Crippen LogP contribution in [0, 0.1) is 12.8 Å². The van der Waals surface area contributed by atoms with Gasteiger partial charge in [0.15, 0.2) is 5.76 Å². The van der Waals surface area contributed by atoms with Gasteiger partial charge in [0.05, 0.1) is 24.1 Å². The van der Waals surface area contributed by atoms with E-state index in [1.165, 1.54) is 0 Å². The average molecular weight is 578 g/mol. The maximum absolute atomic E-state index is 13.1. The Morgan fingerprint density at radius 3 is 2.49 bits per heavy atom. The van der Waals surface area contributed by atoms with Gasteiger partial charge < -0.3 is 29.2 Å². The lowest BCUT2D eigenvalue weighted by molar-refractivity contribution is 0.0696. The zero-order valence-electron chi connectivity index (χ0n) is 23.7. The molecule has 2 aromatic heterocycles. The molecule has 1 saturated heterocycles. The number of pyridine rings is 1. The van der Waals surface area contributed by atoms with E-state index < -0.39 is 5.97 Å². The number of ether oxygens (including phenoxy) is 2. The summed E-state index contributed by atoms with van der Waals surface area (Å²) >= 11 is 0. The van der Waals surface area contributed by atoms with E-state index in [0.717, 1.165) is 48.4 Å². The molecular formula is C34H31N3O6. The molecule has 0 spiro atoms. The summed E-state index contributed by atoms with van der Waals surface area (Å²) in [5.74, 6) is 2.12. The van der Waals surface area contributed by atoms with Gasteiger partial charge in [-0.1, -0.05) is 24.3 Å². The van der Waals surface area contributed by atoms with Crippen LogP contribution in [0.5, 0.6) is 17.2 Å². The van der Waals surface area contributed by atoms with Crippen LogP contribution >= 0.6 is 0 Å². The third-order valence-corrected chi connectivity index (χ3v) is 7.60. The number of carbonyl (C=O) groups excluding carboxylic acids is 1. The lowest BCUT2D eigenvalue weighted by atomic mass is 9.98. The van der Waals surface area contributed by atoms with Crippen LogP contribution in [0.3, 0.4) is 0 Å². The first-order valence-corrected chi connectivity index (χ1v) is 14.2. The fraction of sp³-hybridized carbons (Fsp3) is 0.206. The van der Waals surface area contributed by atoms with Gasteiger partial charge in [-0.05, 0) is 86.3 Å². The minimum atomic E-state index is -0.967. The molecule has 1 amide bonds. The standard InChI is InChI=1S/C34H31N3O6/c1-22-29-19-28(42-26-7-3-2-4-8-26)11-12-30(29)43-32(22)33(38)36-25-10-13-31(35-20-25)37-16-14-23(15-17-37)21-41-27-9-5-6-24(18-27)34(39)40/h2-13,18-20,23H,14-17,21H2,1H3,(H,36,38)(H,39,40). The molecule has 9 heteroatoms. The largest absolute Gasteiger partial charge is 0.493 e. The van der Waals surface area contributed by atoms with Gasteiger partial charge in [0, 0.05) is 24.0 Å². The van der Waals surface area contributed by atoms with Crippen molar-refractivity contribution < 1.29 is 28.6 Å². The Bertz CT molecular complexity index is 1740. The van der Waals surface area contributed by atoms with Gasteiger partial charge in [-0.25, -0.2) is 9.78 Å². The van der Waals surface area contributed by atoms with Gasteiger partial charge >= 0.3 is 5.97 Å². The minimum absolute atomic E-state index is 0.217. The van der Waals surface area contributed by atoms with Gasteiger partial charge in [0.2, 0.25) is 0 Å². The van der Waals surface area contributed by atoms with E-state index in [0.29, 0.717) is 35.3 Å². The quantitative estimate of drug-likeness (QED) is 0.189. The molecule has 218 valence electrons. The van der Waals surface area contributed by atoms with Crippen LogP contribution in [0.25, 0.3) is 11.0 Å². The molecule has 0 unspecified atom stereocenters. The van der Waals surface area contributed by atoms with E-state index in [9.17, 15) is 9.59 Å². The van der Waals surface area contributed by atoms with Crippen LogP contribution in [0.2, 0.25) is 0 Å². The number of amides is 1. The number of nitrogens with zero attached hydrogens (tertiary/aromatic N) is 2. The summed E-state index contributed by atoms with van der Waals surface area (Å²) in [7, 11) is 0. The van der Waals surface area contributed by atoms with Crippen LogP contribution in [0.15, 0.2) is 95.5 Å². The number of carboxylic acid groups (broad SMARTS) is 1. The summed E-state index contributed by atoms with van der Waals surface area (Å²) in [5, 5.41) is 12.9. The Balaban J connectivity index is 1.03. The Morgan fingerprint density at radius 2 is 1.74 bits per heavy atom. The molecule has 1 aliphatic heterocycles. The number of fused-ring (bicyclic) bond motifs is 1. The molecule has 3 heterocycles. The highest BCUT2D eigenvalue weighted by Crippen LogP contribution is 2.31. The number of furan rings is 1. The summed E-state index contributed by atoms with van der Waals surface area (Å²) in [4.78, 5) is 31.1. The van der Waals surface area contributed by atoms with Crippen molar-refractivity contribution in [2.75, 3.05) is 29.9 Å². The average Bonchev–Trinajstić information content (AvgIpc) is 3.37. The second-order valence-corrected chi connectivity index (χ2v) is 10.6. The number of hydrogen-bond donors (Lipinski definition) is 2. The van der Waals surface area contributed by atoms with Crippen molar-refractivity contribution >= 4 is 34.4 Å². The van der Waals surface area contributed by atoms with E-state index in [4.69, 9.17) is 19.0 Å².